The molecule has 1 heterocycles. The number of carbonyl (C=O) groups is 2. The van der Waals surface area contributed by atoms with Crippen LogP contribution in [0.25, 0.3) is 22.1 Å². The Bertz CT molecular complexity index is 1460. The van der Waals surface area contributed by atoms with Gasteiger partial charge in [0.15, 0.2) is 12.4 Å². The zero-order valence-corrected chi connectivity index (χ0v) is 19.0. The summed E-state index contributed by atoms with van der Waals surface area (Å²) in [6.45, 7) is 1.41. The molecule has 0 fully saturated rings. The SMILES string of the molecule is CCOC(=O)c1oc2cc(OCC(=O)c3ccc(F)cc3)ccc2c(=O)c1-c1ccccc1OC. The summed E-state index contributed by atoms with van der Waals surface area (Å²) >= 11 is 0. The van der Waals surface area contributed by atoms with Crippen LogP contribution in [0.4, 0.5) is 4.39 Å². The number of ether oxygens (including phenoxy) is 3. The number of halogens is 1. The van der Waals surface area contributed by atoms with Crippen molar-refractivity contribution in [3.8, 4) is 22.6 Å². The lowest BCUT2D eigenvalue weighted by atomic mass is 10.0. The number of hydrogen-bond acceptors (Lipinski definition) is 7. The summed E-state index contributed by atoms with van der Waals surface area (Å²) in [5, 5.41) is 0.205. The number of methoxy groups -OCH3 is 1. The van der Waals surface area contributed by atoms with Crippen molar-refractivity contribution in [2.45, 2.75) is 6.92 Å². The normalized spacial score (nSPS) is 10.7. The number of benzene rings is 3. The van der Waals surface area contributed by atoms with Crippen LogP contribution in [-0.4, -0.2) is 32.1 Å². The Morgan fingerprint density at radius 1 is 1.00 bits per heavy atom. The summed E-state index contributed by atoms with van der Waals surface area (Å²) in [5.41, 5.74) is 0.341. The minimum absolute atomic E-state index is 0.0218. The van der Waals surface area contributed by atoms with Gasteiger partial charge < -0.3 is 18.6 Å². The third kappa shape index (κ3) is 4.91. The Balaban J connectivity index is 1.74. The quantitative estimate of drug-likeness (QED) is 0.260. The molecule has 4 rings (SSSR count). The molecule has 1 aromatic heterocycles. The summed E-state index contributed by atoms with van der Waals surface area (Å²) in [5.74, 6) is -1.24. The first kappa shape index (κ1) is 23.7. The Morgan fingerprint density at radius 3 is 2.46 bits per heavy atom. The van der Waals surface area contributed by atoms with Crippen LogP contribution in [0.2, 0.25) is 0 Å². The lowest BCUT2D eigenvalue weighted by Gasteiger charge is -2.13. The fourth-order valence-electron chi connectivity index (χ4n) is 3.57. The standard InChI is InChI=1S/C27H21FO7/c1-3-33-27(31)26-24(19-6-4-5-7-22(19)32-2)25(30)20-13-12-18(14-23(20)35-26)34-15-21(29)16-8-10-17(28)11-9-16/h4-14H,3,15H2,1-2H3. The van der Waals surface area contributed by atoms with Crippen molar-refractivity contribution in [1.82, 2.24) is 0 Å². The zero-order chi connectivity index (χ0) is 24.9. The van der Waals surface area contributed by atoms with Crippen LogP contribution < -0.4 is 14.9 Å². The predicted octanol–water partition coefficient (Wildman–Crippen LogP) is 5.05. The molecule has 0 atom stereocenters. The van der Waals surface area contributed by atoms with E-state index in [-0.39, 0.29) is 47.0 Å². The summed E-state index contributed by atoms with van der Waals surface area (Å²) < 4.78 is 35.0. The smallest absolute Gasteiger partial charge is 0.375 e. The van der Waals surface area contributed by atoms with Crippen molar-refractivity contribution in [2.24, 2.45) is 0 Å². The molecule has 0 saturated carbocycles. The van der Waals surface area contributed by atoms with E-state index < -0.39 is 17.2 Å². The highest BCUT2D eigenvalue weighted by Gasteiger charge is 2.25. The molecular formula is C27H21FO7. The van der Waals surface area contributed by atoms with E-state index >= 15 is 0 Å². The second kappa shape index (κ2) is 10.2. The zero-order valence-electron chi connectivity index (χ0n) is 19.0. The van der Waals surface area contributed by atoms with E-state index in [4.69, 9.17) is 18.6 Å². The van der Waals surface area contributed by atoms with Gasteiger partial charge in [-0.15, -0.1) is 0 Å². The number of Topliss-reactive ketones (excluding diaryl/α,β-unsaturated/α-hetero) is 1. The first-order chi connectivity index (χ1) is 16.9. The van der Waals surface area contributed by atoms with Crippen LogP contribution in [-0.2, 0) is 4.74 Å². The first-order valence-corrected chi connectivity index (χ1v) is 10.8. The fraction of sp³-hybridized carbons (Fsp3) is 0.148. The highest BCUT2D eigenvalue weighted by Crippen LogP contribution is 2.33. The van der Waals surface area contributed by atoms with E-state index in [1.165, 1.54) is 49.6 Å². The molecule has 0 saturated heterocycles. The molecule has 0 bridgehead atoms. The predicted molar refractivity (Wildman–Crippen MR) is 127 cm³/mol. The van der Waals surface area contributed by atoms with Gasteiger partial charge in [0.25, 0.3) is 0 Å². The van der Waals surface area contributed by atoms with Crippen LogP contribution in [0.3, 0.4) is 0 Å². The van der Waals surface area contributed by atoms with E-state index in [0.717, 1.165) is 0 Å². The summed E-state index contributed by atoms with van der Waals surface area (Å²) in [6.07, 6.45) is 0. The van der Waals surface area contributed by atoms with Gasteiger partial charge in [-0.2, -0.15) is 0 Å². The van der Waals surface area contributed by atoms with Crippen LogP contribution in [0.15, 0.2) is 75.9 Å². The second-order valence-corrected chi connectivity index (χ2v) is 7.43. The van der Waals surface area contributed by atoms with Crippen molar-refractivity contribution < 1.29 is 32.6 Å². The lowest BCUT2D eigenvalue weighted by molar-refractivity contribution is 0.0492. The van der Waals surface area contributed by atoms with Crippen LogP contribution >= 0.6 is 0 Å². The summed E-state index contributed by atoms with van der Waals surface area (Å²) in [7, 11) is 1.46. The van der Waals surface area contributed by atoms with Crippen molar-refractivity contribution in [3.63, 3.8) is 0 Å². The van der Waals surface area contributed by atoms with Gasteiger partial charge in [0, 0.05) is 17.2 Å². The topological polar surface area (TPSA) is 92.0 Å². The molecule has 0 aliphatic carbocycles. The summed E-state index contributed by atoms with van der Waals surface area (Å²) in [6, 6.07) is 16.3. The van der Waals surface area contributed by atoms with E-state index in [1.54, 1.807) is 31.2 Å². The molecule has 0 aliphatic heterocycles. The maximum absolute atomic E-state index is 13.5. The van der Waals surface area contributed by atoms with Gasteiger partial charge in [-0.3, -0.25) is 9.59 Å². The van der Waals surface area contributed by atoms with Crippen LogP contribution in [0.1, 0.15) is 27.8 Å². The molecule has 35 heavy (non-hydrogen) atoms. The van der Waals surface area contributed by atoms with Crippen molar-refractivity contribution in [3.05, 3.63) is 94.1 Å². The van der Waals surface area contributed by atoms with Gasteiger partial charge in [-0.25, -0.2) is 9.18 Å². The van der Waals surface area contributed by atoms with E-state index in [0.29, 0.717) is 16.9 Å². The van der Waals surface area contributed by atoms with Gasteiger partial charge in [0.05, 0.1) is 24.7 Å². The molecule has 0 radical (unpaired) electrons. The second-order valence-electron chi connectivity index (χ2n) is 7.43. The monoisotopic (exact) mass is 476 g/mol. The average Bonchev–Trinajstić information content (AvgIpc) is 2.87. The molecule has 0 amide bonds. The van der Waals surface area contributed by atoms with E-state index in [9.17, 15) is 18.8 Å². The number of hydrogen-bond donors (Lipinski definition) is 0. The van der Waals surface area contributed by atoms with Gasteiger partial charge in [-0.1, -0.05) is 18.2 Å². The Morgan fingerprint density at radius 2 is 1.74 bits per heavy atom. The Hall–Kier alpha value is -4.46. The number of para-hydroxylation sites is 1. The molecule has 0 spiro atoms. The van der Waals surface area contributed by atoms with Crippen molar-refractivity contribution in [1.29, 1.82) is 0 Å². The number of fused-ring (bicyclic) bond motifs is 1. The van der Waals surface area contributed by atoms with Crippen molar-refractivity contribution in [2.75, 3.05) is 20.3 Å². The molecule has 0 unspecified atom stereocenters. The largest absolute Gasteiger partial charge is 0.496 e. The number of carbonyl (C=O) groups excluding carboxylic acids is 2. The van der Waals surface area contributed by atoms with Crippen LogP contribution in [0.5, 0.6) is 11.5 Å². The van der Waals surface area contributed by atoms with E-state index in [1.807, 2.05) is 0 Å². The molecular weight excluding hydrogens is 455 g/mol. The minimum Gasteiger partial charge on any atom is -0.496 e. The van der Waals surface area contributed by atoms with Gasteiger partial charge in [0.1, 0.15) is 22.9 Å². The number of ketones is 1. The van der Waals surface area contributed by atoms with Gasteiger partial charge in [0.2, 0.25) is 11.2 Å². The number of rotatable bonds is 8. The molecule has 8 heteroatoms. The molecule has 3 aromatic carbocycles. The third-order valence-electron chi connectivity index (χ3n) is 5.24. The maximum atomic E-state index is 13.5. The number of esters is 1. The first-order valence-electron chi connectivity index (χ1n) is 10.8. The third-order valence-corrected chi connectivity index (χ3v) is 5.24. The summed E-state index contributed by atoms with van der Waals surface area (Å²) in [4.78, 5) is 38.5. The van der Waals surface area contributed by atoms with Gasteiger partial charge >= 0.3 is 5.97 Å². The highest BCUT2D eigenvalue weighted by atomic mass is 19.1. The highest BCUT2D eigenvalue weighted by molar-refractivity contribution is 5.99. The van der Waals surface area contributed by atoms with Crippen LogP contribution in [0, 0.1) is 5.82 Å². The molecule has 0 aliphatic rings. The Kier molecular flexibility index (Phi) is 6.91. The van der Waals surface area contributed by atoms with Gasteiger partial charge in [-0.05, 0) is 49.4 Å². The fourth-order valence-corrected chi connectivity index (χ4v) is 3.57. The molecule has 178 valence electrons. The molecule has 0 N–H and O–H groups in total. The van der Waals surface area contributed by atoms with Crippen molar-refractivity contribution >= 4 is 22.7 Å². The Labute approximate surface area is 199 Å². The minimum atomic E-state index is -0.801. The molecule has 7 nitrogen and oxygen atoms in total. The maximum Gasteiger partial charge on any atom is 0.375 e. The molecule has 4 aromatic rings. The lowest BCUT2D eigenvalue weighted by Crippen LogP contribution is -2.15. The van der Waals surface area contributed by atoms with E-state index in [2.05, 4.69) is 0 Å². The average molecular weight is 476 g/mol.